The highest BCUT2D eigenvalue weighted by Gasteiger charge is 2.57. The molecule has 0 aromatic heterocycles. The predicted molar refractivity (Wildman–Crippen MR) is 88.9 cm³/mol. The Labute approximate surface area is 144 Å². The quantitative estimate of drug-likeness (QED) is 0.536. The highest BCUT2D eigenvalue weighted by Crippen LogP contribution is 2.52. The minimum absolute atomic E-state index is 0.00982. The smallest absolute Gasteiger partial charge is 0.410 e. The second-order valence-corrected chi connectivity index (χ2v) is 8.52. The molecule has 0 aliphatic carbocycles. The number of amidine groups is 1. The Morgan fingerprint density at radius 2 is 1.96 bits per heavy atom. The number of hydrogen-bond donors (Lipinski definition) is 4. The number of amides is 1. The maximum Gasteiger partial charge on any atom is 0.410 e. The van der Waals surface area contributed by atoms with Crippen molar-refractivity contribution in [1.29, 1.82) is 0 Å². The second-order valence-electron chi connectivity index (χ2n) is 5.81. The first-order chi connectivity index (χ1) is 10.4. The molecule has 1 amide bonds. The number of thioether (sulfide) groups is 1. The molecule has 126 valence electrons. The van der Waals surface area contributed by atoms with Crippen LogP contribution < -0.4 is 5.32 Å². The topological polar surface area (TPSA) is 102 Å². The van der Waals surface area contributed by atoms with Crippen molar-refractivity contribution in [2.24, 2.45) is 4.99 Å². The molecule has 1 unspecified atom stereocenters. The minimum atomic E-state index is -2.44. The molecule has 1 heterocycles. The lowest BCUT2D eigenvalue weighted by Crippen LogP contribution is -2.58. The van der Waals surface area contributed by atoms with Gasteiger partial charge in [-0.3, -0.25) is 10.3 Å². The number of carboxylic acid groups (broad SMARTS) is 1. The summed E-state index contributed by atoms with van der Waals surface area (Å²) in [6.07, 6.45) is -1.34. The summed E-state index contributed by atoms with van der Waals surface area (Å²) in [5.74, 6) is -0.669. The van der Waals surface area contributed by atoms with Gasteiger partial charge in [0.05, 0.1) is 4.75 Å². The minimum Gasteiger partial charge on any atom is -0.465 e. The van der Waals surface area contributed by atoms with E-state index in [-0.39, 0.29) is 11.4 Å². The van der Waals surface area contributed by atoms with Crippen LogP contribution in [0.15, 0.2) is 27.7 Å². The SMILES string of the molecule is CC1(C)SC(O)(O)C(C)(c2cc(Br)ccc2F)N=C1NC(=O)O. The van der Waals surface area contributed by atoms with Gasteiger partial charge in [-0.05, 0) is 39.0 Å². The van der Waals surface area contributed by atoms with Crippen LogP contribution in [0.1, 0.15) is 26.3 Å². The molecular weight excluding hydrogens is 391 g/mol. The van der Waals surface area contributed by atoms with Gasteiger partial charge in [0, 0.05) is 10.0 Å². The van der Waals surface area contributed by atoms with Crippen molar-refractivity contribution in [2.45, 2.75) is 36.2 Å². The van der Waals surface area contributed by atoms with Crippen LogP contribution in [-0.2, 0) is 5.54 Å². The van der Waals surface area contributed by atoms with E-state index in [1.54, 1.807) is 13.8 Å². The monoisotopic (exact) mass is 406 g/mol. The van der Waals surface area contributed by atoms with Crippen LogP contribution >= 0.6 is 27.7 Å². The summed E-state index contributed by atoms with van der Waals surface area (Å²) < 4.78 is 13.8. The van der Waals surface area contributed by atoms with Gasteiger partial charge in [0.1, 0.15) is 11.7 Å². The molecule has 2 rings (SSSR count). The molecule has 0 fully saturated rings. The molecule has 0 saturated carbocycles. The highest BCUT2D eigenvalue weighted by molar-refractivity contribution is 9.10. The molecule has 0 spiro atoms. The first kappa shape index (κ1) is 18.2. The number of benzene rings is 1. The van der Waals surface area contributed by atoms with Crippen molar-refractivity contribution in [2.75, 3.05) is 0 Å². The molecule has 23 heavy (non-hydrogen) atoms. The third kappa shape index (κ3) is 3.23. The molecule has 9 heteroatoms. The van der Waals surface area contributed by atoms with Crippen molar-refractivity contribution >= 4 is 39.6 Å². The Bertz CT molecular complexity index is 695. The van der Waals surface area contributed by atoms with E-state index in [1.807, 2.05) is 0 Å². The Morgan fingerprint density at radius 1 is 1.35 bits per heavy atom. The van der Waals surface area contributed by atoms with Crippen molar-refractivity contribution < 1.29 is 24.5 Å². The van der Waals surface area contributed by atoms with E-state index >= 15 is 0 Å². The summed E-state index contributed by atoms with van der Waals surface area (Å²) in [5.41, 5.74) is -1.87. The molecular formula is C14H16BrFN2O4S. The third-order valence-electron chi connectivity index (χ3n) is 3.62. The third-order valence-corrected chi connectivity index (χ3v) is 5.49. The van der Waals surface area contributed by atoms with E-state index < -0.39 is 27.3 Å². The van der Waals surface area contributed by atoms with E-state index in [9.17, 15) is 19.4 Å². The molecule has 0 bridgehead atoms. The lowest BCUT2D eigenvalue weighted by atomic mass is 9.90. The van der Waals surface area contributed by atoms with Crippen molar-refractivity contribution in [3.05, 3.63) is 34.1 Å². The summed E-state index contributed by atoms with van der Waals surface area (Å²) in [7, 11) is 0. The number of nitrogens with zero attached hydrogens (tertiary/aromatic N) is 1. The number of hydrogen-bond acceptors (Lipinski definition) is 5. The lowest BCUT2D eigenvalue weighted by molar-refractivity contribution is -0.131. The fourth-order valence-corrected chi connectivity index (χ4v) is 3.94. The Morgan fingerprint density at radius 3 is 2.52 bits per heavy atom. The molecule has 4 N–H and O–H groups in total. The lowest BCUT2D eigenvalue weighted by Gasteiger charge is -2.47. The van der Waals surface area contributed by atoms with Gasteiger partial charge in [-0.25, -0.2) is 9.18 Å². The first-order valence-electron chi connectivity index (χ1n) is 6.60. The summed E-state index contributed by atoms with van der Waals surface area (Å²) in [5, 5.41) is 29.7. The molecule has 0 radical (unpaired) electrons. The molecule has 0 saturated heterocycles. The van der Waals surface area contributed by atoms with Crippen LogP contribution in [0.5, 0.6) is 0 Å². The van der Waals surface area contributed by atoms with Gasteiger partial charge >= 0.3 is 6.09 Å². The Kier molecular flexibility index (Phi) is 4.53. The fraction of sp³-hybridized carbons (Fsp3) is 0.429. The van der Waals surface area contributed by atoms with E-state index in [1.165, 1.54) is 25.1 Å². The van der Waals surface area contributed by atoms with Gasteiger partial charge in [0.25, 0.3) is 0 Å². The van der Waals surface area contributed by atoms with E-state index in [4.69, 9.17) is 5.11 Å². The van der Waals surface area contributed by atoms with Crippen molar-refractivity contribution in [1.82, 2.24) is 5.32 Å². The van der Waals surface area contributed by atoms with Crippen LogP contribution in [-0.4, -0.2) is 37.1 Å². The average Bonchev–Trinajstić information content (AvgIpc) is 2.37. The van der Waals surface area contributed by atoms with Gasteiger partial charge in [0.15, 0.2) is 5.54 Å². The van der Waals surface area contributed by atoms with Crippen LogP contribution in [0.4, 0.5) is 9.18 Å². The molecule has 1 aliphatic rings. The molecule has 1 aromatic rings. The number of nitrogens with one attached hydrogen (secondary N) is 1. The molecule has 1 aromatic carbocycles. The largest absolute Gasteiger partial charge is 0.465 e. The zero-order valence-corrected chi connectivity index (χ0v) is 15.0. The van der Waals surface area contributed by atoms with Crippen LogP contribution in [0.25, 0.3) is 0 Å². The van der Waals surface area contributed by atoms with E-state index in [2.05, 4.69) is 26.2 Å². The number of rotatable bonds is 1. The molecule has 1 atom stereocenters. The average molecular weight is 407 g/mol. The number of aliphatic hydroxyl groups is 2. The van der Waals surface area contributed by atoms with Crippen LogP contribution in [0, 0.1) is 5.82 Å². The van der Waals surface area contributed by atoms with Gasteiger partial charge in [-0.15, -0.1) is 0 Å². The van der Waals surface area contributed by atoms with Gasteiger partial charge in [0.2, 0.25) is 5.12 Å². The summed E-state index contributed by atoms with van der Waals surface area (Å²) in [4.78, 5) is 15.2. The normalized spacial score (nSPS) is 25.6. The van der Waals surface area contributed by atoms with Crippen molar-refractivity contribution in [3.63, 3.8) is 0 Å². The Hall–Kier alpha value is -1.16. The molecule has 6 nitrogen and oxygen atoms in total. The second kappa shape index (κ2) is 5.73. The highest BCUT2D eigenvalue weighted by atomic mass is 79.9. The molecule has 1 aliphatic heterocycles. The van der Waals surface area contributed by atoms with Gasteiger partial charge < -0.3 is 15.3 Å². The number of aliphatic imine (C=N–C) groups is 1. The maximum atomic E-state index is 14.3. The zero-order chi connectivity index (χ0) is 17.6. The van der Waals surface area contributed by atoms with Crippen LogP contribution in [0.2, 0.25) is 0 Å². The number of carbonyl (C=O) groups is 1. The van der Waals surface area contributed by atoms with Crippen molar-refractivity contribution in [3.8, 4) is 0 Å². The summed E-state index contributed by atoms with van der Waals surface area (Å²) in [6, 6.07) is 4.03. The Balaban J connectivity index is 2.70. The van der Waals surface area contributed by atoms with Crippen LogP contribution in [0.3, 0.4) is 0 Å². The standard InChI is InChI=1S/C14H16BrFN2O4S/c1-12(2)10(17-11(19)20)18-13(3,14(21,22)23-12)8-6-7(15)4-5-9(8)16/h4-6,21-22H,1-3H3,(H,17,18)(H,19,20). The van der Waals surface area contributed by atoms with E-state index in [0.29, 0.717) is 16.2 Å². The van der Waals surface area contributed by atoms with Gasteiger partial charge in [-0.1, -0.05) is 27.7 Å². The maximum absolute atomic E-state index is 14.3. The van der Waals surface area contributed by atoms with Gasteiger partial charge in [-0.2, -0.15) is 0 Å². The van der Waals surface area contributed by atoms with E-state index in [0.717, 1.165) is 0 Å². The summed E-state index contributed by atoms with van der Waals surface area (Å²) in [6.45, 7) is 4.51. The zero-order valence-electron chi connectivity index (χ0n) is 12.6. The first-order valence-corrected chi connectivity index (χ1v) is 8.21. The predicted octanol–water partition coefficient (Wildman–Crippen LogP) is 2.63. The fourth-order valence-electron chi connectivity index (χ4n) is 2.32. The number of halogens is 2. The summed E-state index contributed by atoms with van der Waals surface area (Å²) >= 11 is 3.89.